The number of aromatic nitrogens is 3. The fourth-order valence-electron chi connectivity index (χ4n) is 2.46. The predicted molar refractivity (Wildman–Crippen MR) is 80.1 cm³/mol. The van der Waals surface area contributed by atoms with Crippen molar-refractivity contribution in [3.63, 3.8) is 0 Å². The third-order valence-electron chi connectivity index (χ3n) is 3.78. The molecule has 0 radical (unpaired) electrons. The average molecular weight is 303 g/mol. The second-order valence-corrected chi connectivity index (χ2v) is 6.47. The summed E-state index contributed by atoms with van der Waals surface area (Å²) < 4.78 is 13.8. The van der Waals surface area contributed by atoms with Crippen molar-refractivity contribution in [2.24, 2.45) is 7.05 Å². The van der Waals surface area contributed by atoms with Crippen molar-refractivity contribution in [3.8, 4) is 11.5 Å². The zero-order valence-corrected chi connectivity index (χ0v) is 12.7. The van der Waals surface area contributed by atoms with E-state index in [9.17, 15) is 0 Å². The summed E-state index contributed by atoms with van der Waals surface area (Å²) in [6, 6.07) is 7.79. The van der Waals surface area contributed by atoms with Crippen LogP contribution in [0.1, 0.15) is 24.6 Å². The van der Waals surface area contributed by atoms with Gasteiger partial charge in [0.1, 0.15) is 18.5 Å². The Morgan fingerprint density at radius 2 is 2.05 bits per heavy atom. The van der Waals surface area contributed by atoms with E-state index in [1.807, 2.05) is 31.3 Å². The van der Waals surface area contributed by atoms with Crippen molar-refractivity contribution in [2.75, 3.05) is 12.4 Å². The number of hydrogen-bond donors (Lipinski definition) is 0. The van der Waals surface area contributed by atoms with Gasteiger partial charge in [0, 0.05) is 18.7 Å². The zero-order chi connectivity index (χ0) is 14.2. The number of thioether (sulfide) groups is 1. The smallest absolute Gasteiger partial charge is 0.191 e. The Bertz CT molecular complexity index is 654. The van der Waals surface area contributed by atoms with Crippen LogP contribution in [0, 0.1) is 0 Å². The van der Waals surface area contributed by atoms with Crippen LogP contribution >= 0.6 is 11.8 Å². The van der Waals surface area contributed by atoms with Crippen LogP contribution in [0.5, 0.6) is 11.5 Å². The lowest BCUT2D eigenvalue weighted by Crippen LogP contribution is -2.31. The normalized spacial score (nSPS) is 20.5. The van der Waals surface area contributed by atoms with Gasteiger partial charge in [0.2, 0.25) is 0 Å². The SMILES string of the molecule is Cn1c(SC[C@@H]2COc3ccccc3O2)nnc1C1CC1. The monoisotopic (exact) mass is 303 g/mol. The number of ether oxygens (including phenoxy) is 2. The van der Waals surface area contributed by atoms with E-state index in [0.29, 0.717) is 12.5 Å². The van der Waals surface area contributed by atoms with Crippen molar-refractivity contribution in [2.45, 2.75) is 30.0 Å². The quantitative estimate of drug-likeness (QED) is 0.813. The summed E-state index contributed by atoms with van der Waals surface area (Å²) in [5.74, 6) is 4.20. The predicted octanol–water partition coefficient (Wildman–Crippen LogP) is 2.62. The third kappa shape index (κ3) is 2.60. The summed E-state index contributed by atoms with van der Waals surface area (Å²) in [4.78, 5) is 0. The first-order chi connectivity index (χ1) is 10.3. The number of hydrogen-bond acceptors (Lipinski definition) is 5. The standard InChI is InChI=1S/C15H17N3O2S/c1-18-14(10-6-7-10)16-17-15(18)21-9-11-8-19-12-4-2-3-5-13(12)20-11/h2-5,10-11H,6-9H2,1H3/t11-/m0/s1. The van der Waals surface area contributed by atoms with E-state index in [1.165, 1.54) is 12.8 Å². The van der Waals surface area contributed by atoms with Crippen molar-refractivity contribution in [1.82, 2.24) is 14.8 Å². The topological polar surface area (TPSA) is 49.2 Å². The lowest BCUT2D eigenvalue weighted by molar-refractivity contribution is 0.107. The molecule has 0 N–H and O–H groups in total. The van der Waals surface area contributed by atoms with Gasteiger partial charge in [0.05, 0.1) is 0 Å². The Morgan fingerprint density at radius 1 is 1.24 bits per heavy atom. The Morgan fingerprint density at radius 3 is 2.86 bits per heavy atom. The molecule has 1 fully saturated rings. The first-order valence-electron chi connectivity index (χ1n) is 7.22. The molecular formula is C15H17N3O2S. The third-order valence-corrected chi connectivity index (χ3v) is 4.93. The molecule has 2 aliphatic rings. The van der Waals surface area contributed by atoms with E-state index >= 15 is 0 Å². The highest BCUT2D eigenvalue weighted by Crippen LogP contribution is 2.39. The van der Waals surface area contributed by atoms with Crippen LogP contribution in [-0.4, -0.2) is 33.2 Å². The molecule has 1 aliphatic carbocycles. The van der Waals surface area contributed by atoms with Crippen molar-refractivity contribution >= 4 is 11.8 Å². The maximum absolute atomic E-state index is 5.96. The van der Waals surface area contributed by atoms with Gasteiger partial charge in [-0.15, -0.1) is 10.2 Å². The highest BCUT2D eigenvalue weighted by atomic mass is 32.2. The maximum atomic E-state index is 5.96. The van der Waals surface area contributed by atoms with Crippen LogP contribution in [0.2, 0.25) is 0 Å². The number of rotatable bonds is 4. The average Bonchev–Trinajstić information content (AvgIpc) is 3.29. The molecule has 1 atom stereocenters. The first-order valence-corrected chi connectivity index (χ1v) is 8.20. The molecule has 2 heterocycles. The Hall–Kier alpha value is -1.69. The molecule has 1 aliphatic heterocycles. The molecule has 4 rings (SSSR count). The Labute approximate surface area is 127 Å². The maximum Gasteiger partial charge on any atom is 0.191 e. The van der Waals surface area contributed by atoms with E-state index in [2.05, 4.69) is 14.8 Å². The molecule has 0 bridgehead atoms. The van der Waals surface area contributed by atoms with E-state index in [-0.39, 0.29) is 6.10 Å². The lowest BCUT2D eigenvalue weighted by Gasteiger charge is -2.25. The molecule has 1 aromatic carbocycles. The molecule has 1 saturated carbocycles. The highest BCUT2D eigenvalue weighted by molar-refractivity contribution is 7.99. The number of fused-ring (bicyclic) bond motifs is 1. The summed E-state index contributed by atoms with van der Waals surface area (Å²) in [5.41, 5.74) is 0. The highest BCUT2D eigenvalue weighted by Gasteiger charge is 2.29. The van der Waals surface area contributed by atoms with Gasteiger partial charge in [0.15, 0.2) is 16.7 Å². The number of nitrogens with zero attached hydrogens (tertiary/aromatic N) is 3. The fraction of sp³-hybridized carbons (Fsp3) is 0.467. The van der Waals surface area contributed by atoms with Gasteiger partial charge in [-0.1, -0.05) is 23.9 Å². The molecule has 5 nitrogen and oxygen atoms in total. The number of para-hydroxylation sites is 2. The van der Waals surface area contributed by atoms with Gasteiger partial charge in [-0.3, -0.25) is 0 Å². The molecule has 6 heteroatoms. The van der Waals surface area contributed by atoms with Gasteiger partial charge in [-0.05, 0) is 25.0 Å². The van der Waals surface area contributed by atoms with Gasteiger partial charge in [-0.25, -0.2) is 0 Å². The molecule has 0 saturated heterocycles. The summed E-state index contributed by atoms with van der Waals surface area (Å²) >= 11 is 1.68. The van der Waals surface area contributed by atoms with Crippen molar-refractivity contribution in [1.29, 1.82) is 0 Å². The van der Waals surface area contributed by atoms with E-state index in [4.69, 9.17) is 9.47 Å². The molecular weight excluding hydrogens is 286 g/mol. The minimum absolute atomic E-state index is 0.0472. The molecule has 110 valence electrons. The van der Waals surface area contributed by atoms with Crippen LogP contribution in [0.3, 0.4) is 0 Å². The van der Waals surface area contributed by atoms with Crippen LogP contribution in [0.15, 0.2) is 29.4 Å². The van der Waals surface area contributed by atoms with Crippen molar-refractivity contribution < 1.29 is 9.47 Å². The van der Waals surface area contributed by atoms with Gasteiger partial charge >= 0.3 is 0 Å². The molecule has 0 unspecified atom stereocenters. The molecule has 1 aromatic heterocycles. The number of benzene rings is 1. The molecule has 0 spiro atoms. The second kappa shape index (κ2) is 5.26. The minimum Gasteiger partial charge on any atom is -0.486 e. The van der Waals surface area contributed by atoms with Crippen LogP contribution < -0.4 is 9.47 Å². The fourth-order valence-corrected chi connectivity index (χ4v) is 3.35. The minimum atomic E-state index is 0.0472. The van der Waals surface area contributed by atoms with E-state index in [0.717, 1.165) is 28.2 Å². The zero-order valence-electron chi connectivity index (χ0n) is 11.9. The largest absolute Gasteiger partial charge is 0.486 e. The van der Waals surface area contributed by atoms with Gasteiger partial charge in [-0.2, -0.15) is 0 Å². The summed E-state index contributed by atoms with van der Waals surface area (Å²) in [5, 5.41) is 9.54. The first kappa shape index (κ1) is 13.0. The van der Waals surface area contributed by atoms with E-state index in [1.54, 1.807) is 11.8 Å². The van der Waals surface area contributed by atoms with Crippen LogP contribution in [-0.2, 0) is 7.05 Å². The lowest BCUT2D eigenvalue weighted by atomic mass is 10.3. The van der Waals surface area contributed by atoms with E-state index < -0.39 is 0 Å². The van der Waals surface area contributed by atoms with Crippen LogP contribution in [0.25, 0.3) is 0 Å². The van der Waals surface area contributed by atoms with Gasteiger partial charge < -0.3 is 14.0 Å². The molecule has 0 amide bonds. The summed E-state index contributed by atoms with van der Waals surface area (Å²) in [6.45, 7) is 0.581. The Kier molecular flexibility index (Phi) is 3.25. The summed E-state index contributed by atoms with van der Waals surface area (Å²) in [7, 11) is 2.05. The molecule has 2 aromatic rings. The van der Waals surface area contributed by atoms with Crippen molar-refractivity contribution in [3.05, 3.63) is 30.1 Å². The Balaban J connectivity index is 1.39. The van der Waals surface area contributed by atoms with Crippen LogP contribution in [0.4, 0.5) is 0 Å². The molecule has 21 heavy (non-hydrogen) atoms. The summed E-state index contributed by atoms with van der Waals surface area (Å²) in [6.07, 6.45) is 2.53. The second-order valence-electron chi connectivity index (χ2n) is 5.48. The van der Waals surface area contributed by atoms with Gasteiger partial charge in [0.25, 0.3) is 0 Å².